The van der Waals surface area contributed by atoms with Gasteiger partial charge >= 0.3 is 6.36 Å². The lowest BCUT2D eigenvalue weighted by Crippen LogP contribution is -2.30. The number of fused-ring (bicyclic) bond motifs is 1. The molecule has 3 heterocycles. The number of carbonyl (C=O) groups is 1. The summed E-state index contributed by atoms with van der Waals surface area (Å²) in [5.41, 5.74) is 1.26. The number of aromatic nitrogens is 2. The Morgan fingerprint density at radius 2 is 2.17 bits per heavy atom. The van der Waals surface area contributed by atoms with Gasteiger partial charge in [-0.3, -0.25) is 9.53 Å². The highest BCUT2D eigenvalue weighted by molar-refractivity contribution is 7.97. The van der Waals surface area contributed by atoms with E-state index in [0.29, 0.717) is 29.2 Å². The van der Waals surface area contributed by atoms with Gasteiger partial charge in [-0.25, -0.2) is 9.71 Å². The van der Waals surface area contributed by atoms with Crippen LogP contribution in [-0.4, -0.2) is 28.0 Å². The molecule has 1 unspecified atom stereocenters. The van der Waals surface area contributed by atoms with Crippen LogP contribution in [0.3, 0.4) is 0 Å². The zero-order valence-corrected chi connectivity index (χ0v) is 17.2. The van der Waals surface area contributed by atoms with Crippen molar-refractivity contribution in [1.82, 2.24) is 14.3 Å². The van der Waals surface area contributed by atoms with Crippen molar-refractivity contribution >= 4 is 52.8 Å². The zero-order chi connectivity index (χ0) is 21.2. The average Bonchev–Trinajstić information content (AvgIpc) is 2.90. The van der Waals surface area contributed by atoms with Crippen LogP contribution in [0.5, 0.6) is 0 Å². The van der Waals surface area contributed by atoms with E-state index >= 15 is 0 Å². The minimum absolute atomic E-state index is 0.126. The van der Waals surface area contributed by atoms with Crippen LogP contribution in [0.15, 0.2) is 29.3 Å². The summed E-state index contributed by atoms with van der Waals surface area (Å²) in [4.78, 5) is 17.1. The fraction of sp³-hybridized carbons (Fsp3) is 0.294. The number of hydrogen-bond acceptors (Lipinski definition) is 5. The lowest BCUT2D eigenvalue weighted by atomic mass is 10.2. The molecule has 156 valence electrons. The second-order valence-corrected chi connectivity index (χ2v) is 7.58. The molecule has 0 saturated heterocycles. The molecule has 0 aliphatic carbocycles. The van der Waals surface area contributed by atoms with Crippen LogP contribution in [0, 0.1) is 0 Å². The van der Waals surface area contributed by atoms with E-state index in [9.17, 15) is 18.0 Å². The van der Waals surface area contributed by atoms with Crippen molar-refractivity contribution in [1.29, 1.82) is 0 Å². The Morgan fingerprint density at radius 1 is 1.41 bits per heavy atom. The number of amides is 1. The van der Waals surface area contributed by atoms with E-state index in [1.165, 1.54) is 19.2 Å². The molecule has 2 aromatic heterocycles. The Morgan fingerprint density at radius 3 is 2.86 bits per heavy atom. The predicted molar refractivity (Wildman–Crippen MR) is 106 cm³/mol. The van der Waals surface area contributed by atoms with E-state index in [1.807, 2.05) is 6.08 Å². The molecule has 2 N–H and O–H groups in total. The number of nitrogens with one attached hydrogen (secondary N) is 2. The van der Waals surface area contributed by atoms with Gasteiger partial charge in [0.1, 0.15) is 17.1 Å². The van der Waals surface area contributed by atoms with Crippen molar-refractivity contribution in [3.8, 4) is 0 Å². The van der Waals surface area contributed by atoms with E-state index in [2.05, 4.69) is 19.8 Å². The van der Waals surface area contributed by atoms with Crippen LogP contribution in [0.2, 0.25) is 10.2 Å². The number of anilines is 1. The summed E-state index contributed by atoms with van der Waals surface area (Å²) in [6.07, 6.45) is -0.290. The normalized spacial score (nSPS) is 14.6. The summed E-state index contributed by atoms with van der Waals surface area (Å²) >= 11 is 13.2. The summed E-state index contributed by atoms with van der Waals surface area (Å²) in [6.45, 7) is 1.72. The van der Waals surface area contributed by atoms with Crippen molar-refractivity contribution in [2.75, 3.05) is 5.32 Å². The van der Waals surface area contributed by atoms with Crippen LogP contribution < -0.4 is 10.0 Å². The molecular weight excluding hydrogens is 452 g/mol. The van der Waals surface area contributed by atoms with Crippen molar-refractivity contribution in [2.24, 2.45) is 0 Å². The average molecular weight is 467 g/mol. The molecule has 29 heavy (non-hydrogen) atoms. The Bertz CT molecular complexity index is 949. The third-order valence-electron chi connectivity index (χ3n) is 3.83. The molecule has 12 heteroatoms. The topological polar surface area (TPSA) is 68.2 Å². The third kappa shape index (κ3) is 5.46. The molecule has 0 radical (unpaired) electrons. The fourth-order valence-corrected chi connectivity index (χ4v) is 4.11. The number of carbonyl (C=O) groups excluding carboxylic acids is 1. The first-order valence-corrected chi connectivity index (χ1v) is 9.91. The maximum Gasteiger partial charge on any atom is 0.524 e. The number of allylic oxidation sites excluding steroid dienone is 1. The number of rotatable bonds is 6. The number of hydrogen-bond donors (Lipinski definition) is 2. The lowest BCUT2D eigenvalue weighted by molar-refractivity contribution is -0.341. The van der Waals surface area contributed by atoms with Gasteiger partial charge in [-0.05, 0) is 43.5 Å². The van der Waals surface area contributed by atoms with Gasteiger partial charge in [0.05, 0.1) is 15.6 Å². The molecule has 0 spiro atoms. The second-order valence-electron chi connectivity index (χ2n) is 5.97. The van der Waals surface area contributed by atoms with E-state index in [-0.39, 0.29) is 15.9 Å². The van der Waals surface area contributed by atoms with E-state index in [4.69, 9.17) is 23.2 Å². The SMILES string of the molecule is CC(NSc1c(Cl)c(C(=O)Nc2ccnc(Cl)c2)n2c1C=CCC2)OC(F)(F)F. The van der Waals surface area contributed by atoms with Gasteiger partial charge in [0.15, 0.2) is 0 Å². The zero-order valence-electron chi connectivity index (χ0n) is 14.9. The monoisotopic (exact) mass is 466 g/mol. The van der Waals surface area contributed by atoms with Gasteiger partial charge < -0.3 is 9.88 Å². The Kier molecular flexibility index (Phi) is 6.79. The first-order valence-electron chi connectivity index (χ1n) is 8.34. The van der Waals surface area contributed by atoms with Crippen molar-refractivity contribution in [2.45, 2.75) is 37.4 Å². The number of pyridine rings is 1. The molecule has 1 aliphatic heterocycles. The molecule has 1 atom stereocenters. The summed E-state index contributed by atoms with van der Waals surface area (Å²) in [6, 6.07) is 3.06. The number of alkyl halides is 3. The first-order chi connectivity index (χ1) is 13.7. The highest BCUT2D eigenvalue weighted by Crippen LogP contribution is 2.38. The molecule has 3 rings (SSSR count). The summed E-state index contributed by atoms with van der Waals surface area (Å²) in [7, 11) is 0. The largest absolute Gasteiger partial charge is 0.524 e. The van der Waals surface area contributed by atoms with E-state index < -0.39 is 18.5 Å². The molecule has 6 nitrogen and oxygen atoms in total. The maximum atomic E-state index is 12.9. The van der Waals surface area contributed by atoms with Crippen LogP contribution in [0.4, 0.5) is 18.9 Å². The second kappa shape index (κ2) is 8.97. The molecule has 1 amide bonds. The Labute approximate surface area is 178 Å². The van der Waals surface area contributed by atoms with Crippen LogP contribution in [0.1, 0.15) is 29.5 Å². The summed E-state index contributed by atoms with van der Waals surface area (Å²) in [5, 5.41) is 3.05. The van der Waals surface area contributed by atoms with Crippen molar-refractivity contribution < 1.29 is 22.7 Å². The van der Waals surface area contributed by atoms with E-state index in [1.54, 1.807) is 16.7 Å². The van der Waals surface area contributed by atoms with E-state index in [0.717, 1.165) is 11.9 Å². The Balaban J connectivity index is 1.85. The van der Waals surface area contributed by atoms with Gasteiger partial charge in [0.25, 0.3) is 5.91 Å². The number of nitrogens with zero attached hydrogens (tertiary/aromatic N) is 2. The minimum Gasteiger partial charge on any atom is -0.334 e. The molecule has 2 aromatic rings. The highest BCUT2D eigenvalue weighted by atomic mass is 35.5. The minimum atomic E-state index is -4.77. The first kappa shape index (κ1) is 22.0. The number of halogens is 5. The van der Waals surface area contributed by atoms with Gasteiger partial charge in [-0.15, -0.1) is 13.2 Å². The summed E-state index contributed by atoms with van der Waals surface area (Å²) < 4.78 is 45.2. The molecule has 1 aliphatic rings. The fourth-order valence-electron chi connectivity index (χ4n) is 2.73. The summed E-state index contributed by atoms with van der Waals surface area (Å²) in [5.74, 6) is -0.472. The van der Waals surface area contributed by atoms with Crippen LogP contribution in [0.25, 0.3) is 6.08 Å². The Hall–Kier alpha value is -1.72. The number of ether oxygens (including phenoxy) is 1. The third-order valence-corrected chi connectivity index (χ3v) is 5.59. The van der Waals surface area contributed by atoms with Gasteiger partial charge in [0, 0.05) is 18.4 Å². The molecule has 0 bridgehead atoms. The van der Waals surface area contributed by atoms with Gasteiger partial charge in [-0.1, -0.05) is 29.3 Å². The molecular formula is C17H15Cl2F3N4O2S. The predicted octanol–water partition coefficient (Wildman–Crippen LogP) is 5.34. The maximum absolute atomic E-state index is 12.9. The van der Waals surface area contributed by atoms with Gasteiger partial charge in [-0.2, -0.15) is 0 Å². The van der Waals surface area contributed by atoms with Crippen LogP contribution in [-0.2, 0) is 11.3 Å². The van der Waals surface area contributed by atoms with Crippen molar-refractivity contribution in [3.63, 3.8) is 0 Å². The van der Waals surface area contributed by atoms with Crippen LogP contribution >= 0.6 is 35.1 Å². The molecule has 0 aromatic carbocycles. The van der Waals surface area contributed by atoms with Gasteiger partial charge in [0.2, 0.25) is 0 Å². The lowest BCUT2D eigenvalue weighted by Gasteiger charge is -2.16. The standard InChI is InChI=1S/C17H15Cl2F3N4O2S/c1-9(28-17(20,21)22)25-29-15-11-4-2-3-7-26(11)14(13(15)19)16(27)24-10-5-6-23-12(18)8-10/h2,4-6,8-9,25H,3,7H2,1H3,(H,23,24,27). The molecule has 0 saturated carbocycles. The van der Waals surface area contributed by atoms with Crippen molar-refractivity contribution in [3.05, 3.63) is 46.0 Å². The quantitative estimate of drug-likeness (QED) is 0.341. The smallest absolute Gasteiger partial charge is 0.334 e. The highest BCUT2D eigenvalue weighted by Gasteiger charge is 2.33. The molecule has 0 fully saturated rings.